The van der Waals surface area contributed by atoms with Crippen LogP contribution in [0.2, 0.25) is 0 Å². The first-order valence-electron chi connectivity index (χ1n) is 5.51. The molecule has 4 nitrogen and oxygen atoms in total. The van der Waals surface area contributed by atoms with Gasteiger partial charge in [-0.15, -0.1) is 0 Å². The molecule has 1 aromatic carbocycles. The highest BCUT2D eigenvalue weighted by atomic mass is 32.1. The molecule has 0 bridgehead atoms. The van der Waals surface area contributed by atoms with E-state index in [1.54, 1.807) is 11.3 Å². The average Bonchev–Trinajstić information content (AvgIpc) is 3.02. The lowest BCUT2D eigenvalue weighted by Gasteiger charge is -1.97. The summed E-state index contributed by atoms with van der Waals surface area (Å²) < 4.78 is 5.24. The minimum atomic E-state index is 0.540. The molecule has 0 saturated carbocycles. The zero-order valence-electron chi connectivity index (χ0n) is 9.54. The van der Waals surface area contributed by atoms with Crippen molar-refractivity contribution >= 4 is 17.0 Å². The molecule has 2 aromatic heterocycles. The number of rotatable bonds is 3. The number of nitrogens with two attached hydrogens (primary N) is 1. The second-order valence-electron chi connectivity index (χ2n) is 3.91. The monoisotopic (exact) mass is 257 g/mol. The topological polar surface area (TPSA) is 64.9 Å². The number of hydrogen-bond donors (Lipinski definition) is 1. The number of aromatic nitrogens is 2. The Hall–Kier alpha value is -2.14. The van der Waals surface area contributed by atoms with Crippen LogP contribution in [0.15, 0.2) is 45.6 Å². The summed E-state index contributed by atoms with van der Waals surface area (Å²) in [5.41, 5.74) is 8.51. The zero-order chi connectivity index (χ0) is 12.4. The molecule has 0 radical (unpaired) electrons. The molecule has 0 aliphatic rings. The number of para-hydroxylation sites is 1. The maximum Gasteiger partial charge on any atom is 0.231 e. The van der Waals surface area contributed by atoms with Gasteiger partial charge in [-0.1, -0.05) is 17.3 Å². The third kappa shape index (κ3) is 2.12. The van der Waals surface area contributed by atoms with E-state index in [1.165, 1.54) is 5.56 Å². The van der Waals surface area contributed by atoms with Gasteiger partial charge in [-0.05, 0) is 34.5 Å². The molecule has 3 rings (SSSR count). The van der Waals surface area contributed by atoms with E-state index in [-0.39, 0.29) is 0 Å². The standard InChI is InChI=1S/C13H11N3OS/c14-11-4-2-1-3-10(11)13-15-12(17-16-13)7-9-5-6-18-8-9/h1-6,8H,7,14H2. The van der Waals surface area contributed by atoms with Crippen LogP contribution in [-0.2, 0) is 6.42 Å². The molecule has 5 heteroatoms. The van der Waals surface area contributed by atoms with Crippen molar-refractivity contribution in [3.8, 4) is 11.4 Å². The lowest BCUT2D eigenvalue weighted by atomic mass is 10.2. The maximum absolute atomic E-state index is 5.88. The SMILES string of the molecule is Nc1ccccc1-c1noc(Cc2ccsc2)n1. The van der Waals surface area contributed by atoms with E-state index in [9.17, 15) is 0 Å². The normalized spacial score (nSPS) is 10.7. The molecule has 0 unspecified atom stereocenters. The summed E-state index contributed by atoms with van der Waals surface area (Å²) in [6.45, 7) is 0. The molecule has 0 amide bonds. The van der Waals surface area contributed by atoms with Crippen LogP contribution in [-0.4, -0.2) is 10.1 Å². The molecule has 18 heavy (non-hydrogen) atoms. The predicted molar refractivity (Wildman–Crippen MR) is 71.3 cm³/mol. The van der Waals surface area contributed by atoms with E-state index in [4.69, 9.17) is 10.3 Å². The summed E-state index contributed by atoms with van der Waals surface area (Å²) in [6.07, 6.45) is 0.656. The number of nitrogen functional groups attached to an aromatic ring is 1. The van der Waals surface area contributed by atoms with Crippen molar-refractivity contribution in [1.82, 2.24) is 10.1 Å². The first-order valence-corrected chi connectivity index (χ1v) is 6.46. The first-order chi connectivity index (χ1) is 8.83. The van der Waals surface area contributed by atoms with Crippen LogP contribution >= 0.6 is 11.3 Å². The molecule has 0 atom stereocenters. The van der Waals surface area contributed by atoms with Crippen LogP contribution in [0.5, 0.6) is 0 Å². The maximum atomic E-state index is 5.88. The Labute approximate surface area is 108 Å². The third-order valence-electron chi connectivity index (χ3n) is 2.61. The van der Waals surface area contributed by atoms with E-state index >= 15 is 0 Å². The summed E-state index contributed by atoms with van der Waals surface area (Å²) in [7, 11) is 0. The second kappa shape index (κ2) is 4.62. The predicted octanol–water partition coefficient (Wildman–Crippen LogP) is 2.97. The molecule has 3 aromatic rings. The number of benzene rings is 1. The molecular formula is C13H11N3OS. The number of thiophene rings is 1. The van der Waals surface area contributed by atoms with E-state index in [2.05, 4.69) is 15.5 Å². The van der Waals surface area contributed by atoms with Crippen molar-refractivity contribution in [3.63, 3.8) is 0 Å². The van der Waals surface area contributed by atoms with Crippen LogP contribution in [0.3, 0.4) is 0 Å². The van der Waals surface area contributed by atoms with Gasteiger partial charge >= 0.3 is 0 Å². The quantitative estimate of drug-likeness (QED) is 0.732. The summed E-state index contributed by atoms with van der Waals surface area (Å²) in [5, 5.41) is 8.06. The van der Waals surface area contributed by atoms with Crippen molar-refractivity contribution in [2.24, 2.45) is 0 Å². The highest BCUT2D eigenvalue weighted by Gasteiger charge is 2.11. The Morgan fingerprint density at radius 1 is 1.22 bits per heavy atom. The largest absolute Gasteiger partial charge is 0.398 e. The van der Waals surface area contributed by atoms with Crippen molar-refractivity contribution in [1.29, 1.82) is 0 Å². The molecule has 0 aliphatic carbocycles. The summed E-state index contributed by atoms with van der Waals surface area (Å²) in [5.74, 6) is 1.14. The Kier molecular flexibility index (Phi) is 2.82. The molecule has 0 aliphatic heterocycles. The van der Waals surface area contributed by atoms with Gasteiger partial charge in [-0.3, -0.25) is 0 Å². The van der Waals surface area contributed by atoms with Crippen molar-refractivity contribution in [2.75, 3.05) is 5.73 Å². The fourth-order valence-electron chi connectivity index (χ4n) is 1.70. The molecule has 0 saturated heterocycles. The summed E-state index contributed by atoms with van der Waals surface area (Å²) in [6, 6.07) is 9.54. The van der Waals surface area contributed by atoms with Gasteiger partial charge in [0.25, 0.3) is 0 Å². The highest BCUT2D eigenvalue weighted by Crippen LogP contribution is 2.23. The molecule has 0 fully saturated rings. The minimum Gasteiger partial charge on any atom is -0.398 e. The van der Waals surface area contributed by atoms with Crippen molar-refractivity contribution in [2.45, 2.75) is 6.42 Å². The van der Waals surface area contributed by atoms with Gasteiger partial charge in [0, 0.05) is 11.3 Å². The minimum absolute atomic E-state index is 0.540. The van der Waals surface area contributed by atoms with E-state index in [1.807, 2.05) is 35.7 Å². The fourth-order valence-corrected chi connectivity index (χ4v) is 2.37. The molecule has 2 heterocycles. The third-order valence-corrected chi connectivity index (χ3v) is 3.34. The van der Waals surface area contributed by atoms with Gasteiger partial charge in [0.05, 0.1) is 6.42 Å². The van der Waals surface area contributed by atoms with Gasteiger partial charge < -0.3 is 10.3 Å². The van der Waals surface area contributed by atoms with Gasteiger partial charge in [0.15, 0.2) is 0 Å². The lowest BCUT2D eigenvalue weighted by Crippen LogP contribution is -1.91. The van der Waals surface area contributed by atoms with E-state index < -0.39 is 0 Å². The first kappa shape index (κ1) is 11.0. The van der Waals surface area contributed by atoms with Crippen LogP contribution in [0.1, 0.15) is 11.5 Å². The van der Waals surface area contributed by atoms with Gasteiger partial charge in [-0.2, -0.15) is 16.3 Å². The Bertz CT molecular complexity index is 646. The lowest BCUT2D eigenvalue weighted by molar-refractivity contribution is 0.386. The van der Waals surface area contributed by atoms with E-state index in [0.29, 0.717) is 23.8 Å². The van der Waals surface area contributed by atoms with Crippen LogP contribution in [0, 0.1) is 0 Å². The zero-order valence-corrected chi connectivity index (χ0v) is 10.4. The van der Waals surface area contributed by atoms with E-state index in [0.717, 1.165) is 5.56 Å². The molecule has 2 N–H and O–H groups in total. The number of hydrogen-bond acceptors (Lipinski definition) is 5. The average molecular weight is 257 g/mol. The second-order valence-corrected chi connectivity index (χ2v) is 4.69. The van der Waals surface area contributed by atoms with Gasteiger partial charge in [-0.25, -0.2) is 0 Å². The van der Waals surface area contributed by atoms with Gasteiger partial charge in [0.2, 0.25) is 11.7 Å². The summed E-state index contributed by atoms with van der Waals surface area (Å²) >= 11 is 1.65. The Balaban J connectivity index is 1.88. The van der Waals surface area contributed by atoms with Crippen LogP contribution in [0.25, 0.3) is 11.4 Å². The summed E-state index contributed by atoms with van der Waals surface area (Å²) in [4.78, 5) is 4.36. The molecule has 0 spiro atoms. The smallest absolute Gasteiger partial charge is 0.231 e. The molecular weight excluding hydrogens is 246 g/mol. The number of anilines is 1. The van der Waals surface area contributed by atoms with Crippen molar-refractivity contribution in [3.05, 3.63) is 52.5 Å². The molecule has 90 valence electrons. The fraction of sp³-hybridized carbons (Fsp3) is 0.0769. The highest BCUT2D eigenvalue weighted by molar-refractivity contribution is 7.07. The van der Waals surface area contributed by atoms with Crippen LogP contribution < -0.4 is 5.73 Å². The van der Waals surface area contributed by atoms with Crippen molar-refractivity contribution < 1.29 is 4.52 Å². The Morgan fingerprint density at radius 2 is 2.11 bits per heavy atom. The number of nitrogens with zero attached hydrogens (tertiary/aromatic N) is 2. The Morgan fingerprint density at radius 3 is 2.89 bits per heavy atom. The van der Waals surface area contributed by atoms with Gasteiger partial charge in [0.1, 0.15) is 0 Å². The van der Waals surface area contributed by atoms with Crippen LogP contribution in [0.4, 0.5) is 5.69 Å².